The van der Waals surface area contributed by atoms with E-state index in [2.05, 4.69) is 71.3 Å². The number of benzene rings is 2. The van der Waals surface area contributed by atoms with Gasteiger partial charge in [-0.3, -0.25) is 0 Å². The summed E-state index contributed by atoms with van der Waals surface area (Å²) in [5, 5.41) is 4.14. The molecule has 0 aliphatic carbocycles. The molecule has 2 rings (SSSR count). The molecule has 20 heavy (non-hydrogen) atoms. The van der Waals surface area contributed by atoms with Gasteiger partial charge in [0.2, 0.25) is 0 Å². The molecule has 2 aromatic rings. The topological polar surface area (TPSA) is 12.0 Å². The highest BCUT2D eigenvalue weighted by molar-refractivity contribution is 9.11. The second-order valence-corrected chi connectivity index (χ2v) is 7.64. The molecule has 0 aliphatic heterocycles. The number of rotatable bonds is 4. The summed E-state index contributed by atoms with van der Waals surface area (Å²) in [6, 6.07) is 12.5. The lowest BCUT2D eigenvalue weighted by Crippen LogP contribution is -2.19. The van der Waals surface area contributed by atoms with Crippen molar-refractivity contribution in [2.24, 2.45) is 0 Å². The van der Waals surface area contributed by atoms with E-state index < -0.39 is 0 Å². The normalized spacial score (nSPS) is 12.4. The average molecular weight is 482 g/mol. The Kier molecular flexibility index (Phi) is 6.11. The van der Waals surface area contributed by atoms with E-state index in [0.717, 1.165) is 30.4 Å². The van der Waals surface area contributed by atoms with Crippen LogP contribution in [0.3, 0.4) is 0 Å². The molecule has 0 amide bonds. The van der Waals surface area contributed by atoms with Crippen LogP contribution in [0.15, 0.2) is 49.8 Å². The van der Waals surface area contributed by atoms with Crippen LogP contribution in [-0.2, 0) is 6.42 Å². The van der Waals surface area contributed by atoms with Gasteiger partial charge >= 0.3 is 0 Å². The lowest BCUT2D eigenvalue weighted by atomic mass is 9.99. The van der Waals surface area contributed by atoms with Gasteiger partial charge in [-0.25, -0.2) is 0 Å². The minimum Gasteiger partial charge on any atom is -0.313 e. The maximum Gasteiger partial charge on any atom is 0.0449 e. The van der Waals surface area contributed by atoms with E-state index in [0.29, 0.717) is 0 Å². The first-order valence-electron chi connectivity index (χ1n) is 6.07. The van der Waals surface area contributed by atoms with Crippen molar-refractivity contribution >= 4 is 59.4 Å². The highest BCUT2D eigenvalue weighted by Crippen LogP contribution is 2.29. The summed E-state index contributed by atoms with van der Waals surface area (Å²) in [6.45, 7) is 0. The van der Waals surface area contributed by atoms with Crippen LogP contribution in [0, 0.1) is 0 Å². The lowest BCUT2D eigenvalue weighted by molar-refractivity contribution is 0.591. The monoisotopic (exact) mass is 479 g/mol. The fraction of sp³-hybridized carbons (Fsp3) is 0.200. The molecule has 0 saturated carbocycles. The Bertz CT molecular complexity index is 596. The van der Waals surface area contributed by atoms with Crippen molar-refractivity contribution in [1.82, 2.24) is 5.32 Å². The predicted molar refractivity (Wildman–Crippen MR) is 96.5 cm³/mol. The molecule has 0 bridgehead atoms. The van der Waals surface area contributed by atoms with Gasteiger partial charge in [-0.2, -0.15) is 0 Å². The van der Waals surface area contributed by atoms with Gasteiger partial charge < -0.3 is 5.32 Å². The van der Waals surface area contributed by atoms with Crippen LogP contribution in [0.5, 0.6) is 0 Å². The second kappa shape index (κ2) is 7.41. The lowest BCUT2D eigenvalue weighted by Gasteiger charge is -2.18. The number of likely N-dealkylation sites (N-methyl/N-ethyl adjacent to an activating group) is 1. The highest BCUT2D eigenvalue weighted by Gasteiger charge is 2.13. The van der Waals surface area contributed by atoms with E-state index in [1.807, 2.05) is 25.2 Å². The van der Waals surface area contributed by atoms with Crippen molar-refractivity contribution in [3.8, 4) is 0 Å². The van der Waals surface area contributed by atoms with E-state index >= 15 is 0 Å². The molecule has 0 fully saturated rings. The van der Waals surface area contributed by atoms with Gasteiger partial charge in [-0.05, 0) is 54.9 Å². The van der Waals surface area contributed by atoms with Gasteiger partial charge in [-0.1, -0.05) is 65.5 Å². The van der Waals surface area contributed by atoms with Gasteiger partial charge in [0.15, 0.2) is 0 Å². The van der Waals surface area contributed by atoms with Gasteiger partial charge in [0.05, 0.1) is 0 Å². The fourth-order valence-corrected chi connectivity index (χ4v) is 4.15. The van der Waals surface area contributed by atoms with Crippen LogP contribution in [-0.4, -0.2) is 7.05 Å². The summed E-state index contributed by atoms with van der Waals surface area (Å²) in [5.41, 5.74) is 2.35. The molecule has 1 N–H and O–H groups in total. The molecule has 0 aliphatic rings. The molecule has 1 nitrogen and oxygen atoms in total. The molecular weight excluding hydrogens is 469 g/mol. The van der Waals surface area contributed by atoms with Crippen LogP contribution >= 0.6 is 59.4 Å². The minimum atomic E-state index is 0.211. The molecule has 0 spiro atoms. The summed E-state index contributed by atoms with van der Waals surface area (Å²) < 4.78 is 3.12. The SMILES string of the molecule is CNC(Cc1ccc(Br)cc1Cl)c1cc(Br)cc(Br)c1. The van der Waals surface area contributed by atoms with Crippen LogP contribution in [0.4, 0.5) is 0 Å². The first-order chi connectivity index (χ1) is 9.49. The zero-order chi connectivity index (χ0) is 14.7. The van der Waals surface area contributed by atoms with E-state index in [1.54, 1.807) is 0 Å². The third kappa shape index (κ3) is 4.31. The largest absolute Gasteiger partial charge is 0.313 e. The van der Waals surface area contributed by atoms with E-state index in [1.165, 1.54) is 5.56 Å². The number of hydrogen-bond acceptors (Lipinski definition) is 1. The van der Waals surface area contributed by atoms with E-state index in [-0.39, 0.29) is 6.04 Å². The molecule has 106 valence electrons. The Morgan fingerprint density at radius 3 is 2.20 bits per heavy atom. The van der Waals surface area contributed by atoms with Crippen molar-refractivity contribution < 1.29 is 0 Å². The maximum atomic E-state index is 6.30. The summed E-state index contributed by atoms with van der Waals surface area (Å²) in [4.78, 5) is 0. The predicted octanol–water partition coefficient (Wildman–Crippen LogP) is 6.13. The Labute approximate surface area is 149 Å². The quantitative estimate of drug-likeness (QED) is 0.553. The van der Waals surface area contributed by atoms with Crippen molar-refractivity contribution in [2.45, 2.75) is 12.5 Å². The number of halogens is 4. The Morgan fingerprint density at radius 2 is 1.65 bits per heavy atom. The average Bonchev–Trinajstić information content (AvgIpc) is 2.36. The van der Waals surface area contributed by atoms with Crippen LogP contribution in [0.25, 0.3) is 0 Å². The summed E-state index contributed by atoms with van der Waals surface area (Å²) in [7, 11) is 1.96. The Hall–Kier alpha value is 0.130. The fourth-order valence-electron chi connectivity index (χ4n) is 2.07. The summed E-state index contributed by atoms with van der Waals surface area (Å²) in [6.07, 6.45) is 0.839. The molecule has 1 unspecified atom stereocenters. The molecular formula is C15H13Br3ClN. The van der Waals surface area contributed by atoms with Gasteiger partial charge in [0.1, 0.15) is 0 Å². The molecule has 0 saturated heterocycles. The van der Waals surface area contributed by atoms with Gasteiger partial charge in [0, 0.05) is 24.5 Å². The van der Waals surface area contributed by atoms with Crippen LogP contribution in [0.2, 0.25) is 5.02 Å². The summed E-state index contributed by atoms with van der Waals surface area (Å²) >= 11 is 16.8. The zero-order valence-electron chi connectivity index (χ0n) is 10.8. The number of nitrogens with one attached hydrogen (secondary N) is 1. The maximum absolute atomic E-state index is 6.30. The van der Waals surface area contributed by atoms with Crippen LogP contribution in [0.1, 0.15) is 17.2 Å². The molecule has 0 aromatic heterocycles. The van der Waals surface area contributed by atoms with Crippen molar-refractivity contribution in [1.29, 1.82) is 0 Å². The summed E-state index contributed by atoms with van der Waals surface area (Å²) in [5.74, 6) is 0. The molecule has 5 heteroatoms. The first kappa shape index (κ1) is 16.5. The van der Waals surface area contributed by atoms with E-state index in [4.69, 9.17) is 11.6 Å². The first-order valence-corrected chi connectivity index (χ1v) is 8.82. The van der Waals surface area contributed by atoms with Crippen LogP contribution < -0.4 is 5.32 Å². The Balaban J connectivity index is 2.28. The van der Waals surface area contributed by atoms with E-state index in [9.17, 15) is 0 Å². The molecule has 1 atom stereocenters. The Morgan fingerprint density at radius 1 is 1.00 bits per heavy atom. The molecule has 0 radical (unpaired) electrons. The second-order valence-electron chi connectivity index (χ2n) is 4.48. The molecule has 0 heterocycles. The smallest absolute Gasteiger partial charge is 0.0449 e. The van der Waals surface area contributed by atoms with Crippen molar-refractivity contribution in [3.05, 3.63) is 66.0 Å². The van der Waals surface area contributed by atoms with Crippen molar-refractivity contribution in [3.63, 3.8) is 0 Å². The third-order valence-corrected chi connectivity index (χ3v) is 4.84. The van der Waals surface area contributed by atoms with Gasteiger partial charge in [-0.15, -0.1) is 0 Å². The highest BCUT2D eigenvalue weighted by atomic mass is 79.9. The molecule has 2 aromatic carbocycles. The zero-order valence-corrected chi connectivity index (χ0v) is 16.3. The number of hydrogen-bond donors (Lipinski definition) is 1. The minimum absolute atomic E-state index is 0.211. The van der Waals surface area contributed by atoms with Gasteiger partial charge in [0.25, 0.3) is 0 Å². The van der Waals surface area contributed by atoms with Crippen molar-refractivity contribution in [2.75, 3.05) is 7.05 Å². The standard InChI is InChI=1S/C15H13Br3ClN/c1-20-15(10-4-12(17)7-13(18)5-10)6-9-2-3-11(16)8-14(9)19/h2-5,7-8,15,20H,6H2,1H3. The third-order valence-electron chi connectivity index (χ3n) is 3.07.